The Labute approximate surface area is 178 Å². The summed E-state index contributed by atoms with van der Waals surface area (Å²) in [4.78, 5) is 33.6. The molecule has 0 radical (unpaired) electrons. The Hall–Kier alpha value is -2.73. The zero-order valence-corrected chi connectivity index (χ0v) is 17.4. The van der Waals surface area contributed by atoms with Crippen LogP contribution in [0.3, 0.4) is 0 Å². The molecule has 2 amide bonds. The number of rotatable bonds is 6. The van der Waals surface area contributed by atoms with Gasteiger partial charge in [-0.1, -0.05) is 31.0 Å². The summed E-state index contributed by atoms with van der Waals surface area (Å²) in [6, 6.07) is 11.8. The molecule has 1 aromatic carbocycles. The number of anilines is 1. The van der Waals surface area contributed by atoms with E-state index in [1.165, 1.54) is 25.7 Å². The first kappa shape index (κ1) is 20.5. The van der Waals surface area contributed by atoms with E-state index >= 15 is 0 Å². The van der Waals surface area contributed by atoms with E-state index in [1.54, 1.807) is 17.3 Å². The quantitative estimate of drug-likeness (QED) is 0.798. The average molecular weight is 407 g/mol. The highest BCUT2D eigenvalue weighted by atomic mass is 16.2. The van der Waals surface area contributed by atoms with Gasteiger partial charge in [-0.05, 0) is 55.3 Å². The van der Waals surface area contributed by atoms with Gasteiger partial charge in [-0.3, -0.25) is 19.5 Å². The molecule has 1 N–H and O–H groups in total. The molecule has 2 aliphatic heterocycles. The lowest BCUT2D eigenvalue weighted by molar-refractivity contribution is -0.128. The van der Waals surface area contributed by atoms with E-state index in [1.807, 2.05) is 30.3 Å². The molecule has 2 fully saturated rings. The molecule has 2 saturated heterocycles. The van der Waals surface area contributed by atoms with Gasteiger partial charge in [-0.15, -0.1) is 0 Å². The Morgan fingerprint density at radius 3 is 2.50 bits per heavy atom. The van der Waals surface area contributed by atoms with E-state index < -0.39 is 0 Å². The molecule has 0 aliphatic carbocycles. The average Bonchev–Trinajstić information content (AvgIpc) is 2.95. The van der Waals surface area contributed by atoms with Crippen molar-refractivity contribution in [2.24, 2.45) is 5.92 Å². The van der Waals surface area contributed by atoms with Crippen molar-refractivity contribution in [3.05, 3.63) is 59.9 Å². The maximum atomic E-state index is 12.9. The first-order chi connectivity index (χ1) is 14.7. The van der Waals surface area contributed by atoms with Crippen molar-refractivity contribution >= 4 is 17.5 Å². The maximum Gasteiger partial charge on any atom is 0.229 e. The number of nitrogens with one attached hydrogen (secondary N) is 1. The third-order valence-electron chi connectivity index (χ3n) is 6.08. The minimum absolute atomic E-state index is 0.0322. The third-order valence-corrected chi connectivity index (χ3v) is 6.08. The maximum absolute atomic E-state index is 12.9. The minimum Gasteiger partial charge on any atom is -0.338 e. The van der Waals surface area contributed by atoms with E-state index in [9.17, 15) is 9.59 Å². The minimum atomic E-state index is -0.314. The van der Waals surface area contributed by atoms with E-state index in [0.29, 0.717) is 13.1 Å². The van der Waals surface area contributed by atoms with Crippen LogP contribution in [0, 0.1) is 5.92 Å². The molecule has 0 saturated carbocycles. The first-order valence-corrected chi connectivity index (χ1v) is 11.0. The Kier molecular flexibility index (Phi) is 6.74. The van der Waals surface area contributed by atoms with E-state index in [4.69, 9.17) is 0 Å². The van der Waals surface area contributed by atoms with E-state index in [-0.39, 0.29) is 24.2 Å². The van der Waals surface area contributed by atoms with Gasteiger partial charge in [0.25, 0.3) is 0 Å². The van der Waals surface area contributed by atoms with Crippen molar-refractivity contribution in [3.8, 4) is 0 Å². The van der Waals surface area contributed by atoms with Crippen molar-refractivity contribution in [1.82, 2.24) is 14.8 Å². The van der Waals surface area contributed by atoms with Gasteiger partial charge in [0.2, 0.25) is 11.8 Å². The fourth-order valence-corrected chi connectivity index (χ4v) is 4.36. The molecular weight excluding hydrogens is 376 g/mol. The smallest absolute Gasteiger partial charge is 0.229 e. The molecule has 1 aromatic heterocycles. The number of amides is 2. The lowest BCUT2D eigenvalue weighted by Crippen LogP contribution is -2.29. The SMILES string of the molecule is O=C(Nc1ccccc1CN1CCCCCC1)[C@@H]1CC(=O)N(Cc2ccncc2)C1. The summed E-state index contributed by atoms with van der Waals surface area (Å²) in [7, 11) is 0. The molecule has 6 nitrogen and oxygen atoms in total. The van der Waals surface area contributed by atoms with Crippen molar-refractivity contribution in [2.45, 2.75) is 45.2 Å². The highest BCUT2D eigenvalue weighted by Gasteiger charge is 2.34. The Balaban J connectivity index is 1.37. The summed E-state index contributed by atoms with van der Waals surface area (Å²) >= 11 is 0. The second-order valence-corrected chi connectivity index (χ2v) is 8.37. The number of likely N-dealkylation sites (tertiary alicyclic amines) is 2. The number of aromatic nitrogens is 1. The van der Waals surface area contributed by atoms with Crippen LogP contribution >= 0.6 is 0 Å². The van der Waals surface area contributed by atoms with E-state index in [0.717, 1.165) is 36.4 Å². The zero-order valence-electron chi connectivity index (χ0n) is 17.4. The Morgan fingerprint density at radius 2 is 1.73 bits per heavy atom. The standard InChI is InChI=1S/C24H30N4O2/c29-23-15-21(18-28(23)16-19-9-11-25-12-10-19)24(30)26-22-8-4-3-7-20(22)17-27-13-5-1-2-6-14-27/h3-4,7-12,21H,1-2,5-6,13-18H2,(H,26,30)/t21-/m1/s1. The summed E-state index contributed by atoms with van der Waals surface area (Å²) in [5.74, 6) is -0.348. The number of hydrogen-bond acceptors (Lipinski definition) is 4. The van der Waals surface area contributed by atoms with Crippen molar-refractivity contribution < 1.29 is 9.59 Å². The topological polar surface area (TPSA) is 65.5 Å². The molecule has 158 valence electrons. The molecule has 6 heteroatoms. The van der Waals surface area contributed by atoms with Crippen molar-refractivity contribution in [2.75, 3.05) is 25.0 Å². The number of nitrogens with zero attached hydrogens (tertiary/aromatic N) is 3. The van der Waals surface area contributed by atoms with Crippen LogP contribution in [0.25, 0.3) is 0 Å². The van der Waals surface area contributed by atoms with Crippen LogP contribution in [-0.2, 0) is 22.7 Å². The largest absolute Gasteiger partial charge is 0.338 e. The van der Waals surface area contributed by atoms with Gasteiger partial charge >= 0.3 is 0 Å². The van der Waals surface area contributed by atoms with Gasteiger partial charge in [0.1, 0.15) is 0 Å². The van der Waals surface area contributed by atoms with Crippen LogP contribution in [0.15, 0.2) is 48.8 Å². The van der Waals surface area contributed by atoms with Gasteiger partial charge in [0, 0.05) is 44.1 Å². The third kappa shape index (κ3) is 5.25. The van der Waals surface area contributed by atoms with Gasteiger partial charge in [-0.2, -0.15) is 0 Å². The summed E-state index contributed by atoms with van der Waals surface area (Å²) in [6.07, 6.45) is 8.81. The van der Waals surface area contributed by atoms with Crippen molar-refractivity contribution in [1.29, 1.82) is 0 Å². The first-order valence-electron chi connectivity index (χ1n) is 11.0. The molecule has 2 aliphatic rings. The number of benzene rings is 1. The normalized spacial score (nSPS) is 20.2. The fraction of sp³-hybridized carbons (Fsp3) is 0.458. The number of carbonyl (C=O) groups excluding carboxylic acids is 2. The molecule has 4 rings (SSSR count). The molecule has 0 unspecified atom stereocenters. The molecular formula is C24H30N4O2. The Bertz CT molecular complexity index is 863. The highest BCUT2D eigenvalue weighted by Crippen LogP contribution is 2.24. The summed E-state index contributed by atoms with van der Waals surface area (Å²) in [5.41, 5.74) is 3.04. The molecule has 0 bridgehead atoms. The molecule has 0 spiro atoms. The second-order valence-electron chi connectivity index (χ2n) is 8.37. The fourth-order valence-electron chi connectivity index (χ4n) is 4.36. The monoisotopic (exact) mass is 406 g/mol. The predicted octanol–water partition coefficient (Wildman–Crippen LogP) is 3.44. The lowest BCUT2D eigenvalue weighted by atomic mass is 10.1. The summed E-state index contributed by atoms with van der Waals surface area (Å²) in [6.45, 7) is 4.07. The van der Waals surface area contributed by atoms with Crippen LogP contribution in [0.2, 0.25) is 0 Å². The van der Waals surface area contributed by atoms with Crippen LogP contribution in [0.4, 0.5) is 5.69 Å². The second kappa shape index (κ2) is 9.85. The van der Waals surface area contributed by atoms with Crippen LogP contribution in [0.5, 0.6) is 0 Å². The molecule has 2 aromatic rings. The number of pyridine rings is 1. The van der Waals surface area contributed by atoms with Crippen LogP contribution in [-0.4, -0.2) is 46.2 Å². The molecule has 30 heavy (non-hydrogen) atoms. The summed E-state index contributed by atoms with van der Waals surface area (Å²) < 4.78 is 0. The predicted molar refractivity (Wildman–Crippen MR) is 117 cm³/mol. The van der Waals surface area contributed by atoms with Crippen LogP contribution < -0.4 is 5.32 Å². The highest BCUT2D eigenvalue weighted by molar-refractivity contribution is 5.97. The van der Waals surface area contributed by atoms with Crippen LogP contribution in [0.1, 0.15) is 43.2 Å². The molecule has 1 atom stereocenters. The van der Waals surface area contributed by atoms with Gasteiger partial charge in [0.15, 0.2) is 0 Å². The van der Waals surface area contributed by atoms with Crippen molar-refractivity contribution in [3.63, 3.8) is 0 Å². The van der Waals surface area contributed by atoms with E-state index in [2.05, 4.69) is 21.3 Å². The Morgan fingerprint density at radius 1 is 1.00 bits per heavy atom. The zero-order chi connectivity index (χ0) is 20.8. The van der Waals surface area contributed by atoms with Gasteiger partial charge < -0.3 is 10.2 Å². The number of hydrogen-bond donors (Lipinski definition) is 1. The number of carbonyl (C=O) groups is 2. The molecule has 3 heterocycles. The number of para-hydroxylation sites is 1. The summed E-state index contributed by atoms with van der Waals surface area (Å²) in [5, 5.41) is 3.11. The van der Waals surface area contributed by atoms with Gasteiger partial charge in [0.05, 0.1) is 5.92 Å². The lowest BCUT2D eigenvalue weighted by Gasteiger charge is -2.22. The van der Waals surface area contributed by atoms with Gasteiger partial charge in [-0.25, -0.2) is 0 Å².